The molecule has 11 heavy (non-hydrogen) atoms. The second-order valence-corrected chi connectivity index (χ2v) is 3.04. The van der Waals surface area contributed by atoms with Crippen molar-refractivity contribution in [2.24, 2.45) is 0 Å². The maximum atomic E-state index is 9.33. The van der Waals surface area contributed by atoms with Crippen molar-refractivity contribution in [2.45, 2.75) is 24.9 Å². The Bertz CT molecular complexity index is 121. The summed E-state index contributed by atoms with van der Waals surface area (Å²) in [6.45, 7) is 0.404. The van der Waals surface area contributed by atoms with Crippen LogP contribution >= 0.6 is 23.0 Å². The molecule has 4 nitrogen and oxygen atoms in total. The van der Waals surface area contributed by atoms with Gasteiger partial charge in [-0.15, -0.1) is 0 Å². The molecule has 1 fully saturated rings. The first kappa shape index (κ1) is 9.66. The summed E-state index contributed by atoms with van der Waals surface area (Å²) in [6, 6.07) is 0. The molecule has 3 atom stereocenters. The first-order chi connectivity index (χ1) is 5.27. The van der Waals surface area contributed by atoms with E-state index in [0.717, 1.165) is 0 Å². The summed E-state index contributed by atoms with van der Waals surface area (Å²) < 4.78 is 15.0. The predicted octanol–water partition coefficient (Wildman–Crippen LogP) is 0.475. The number of halogens is 1. The minimum Gasteiger partial charge on any atom is -0.390 e. The third-order valence-corrected chi connectivity index (χ3v) is 2.04. The van der Waals surface area contributed by atoms with Crippen LogP contribution in [0.4, 0.5) is 0 Å². The van der Waals surface area contributed by atoms with Gasteiger partial charge in [-0.1, -0.05) is 0 Å². The van der Waals surface area contributed by atoms with Gasteiger partial charge < -0.3 is 17.6 Å². The smallest absolute Gasteiger partial charge is 0.160 e. The lowest BCUT2D eigenvalue weighted by molar-refractivity contribution is -0.122. The first-order valence-corrected chi connectivity index (χ1v) is 4.26. The van der Waals surface area contributed by atoms with Gasteiger partial charge in [0.25, 0.3) is 0 Å². The zero-order valence-corrected chi connectivity index (χ0v) is 8.35. The highest BCUT2D eigenvalue weighted by Gasteiger charge is 2.33. The number of hydrogen-bond donors (Lipinski definition) is 1. The molecule has 1 aliphatic rings. The van der Waals surface area contributed by atoms with Crippen LogP contribution in [-0.4, -0.2) is 37.3 Å². The molecule has 0 amide bonds. The number of aliphatic hydroxyl groups excluding tert-OH is 1. The van der Waals surface area contributed by atoms with Crippen molar-refractivity contribution < 1.29 is 17.6 Å². The molecular weight excluding hydrogens is 263 g/mol. The van der Waals surface area contributed by atoms with Crippen LogP contribution in [0.3, 0.4) is 0 Å². The zero-order valence-electron chi connectivity index (χ0n) is 6.20. The summed E-state index contributed by atoms with van der Waals surface area (Å²) in [5, 5.41) is 9.33. The number of rotatable bonds is 3. The minimum absolute atomic E-state index is 0.239. The Morgan fingerprint density at radius 2 is 2.45 bits per heavy atom. The molecule has 0 aliphatic carbocycles. The van der Waals surface area contributed by atoms with Crippen LogP contribution in [0, 0.1) is 0 Å². The molecule has 0 radical (unpaired) electrons. The van der Waals surface area contributed by atoms with Gasteiger partial charge >= 0.3 is 0 Å². The predicted molar refractivity (Wildman–Crippen MR) is 46.3 cm³/mol. The molecule has 0 aromatic rings. The van der Waals surface area contributed by atoms with Crippen LogP contribution in [0.25, 0.3) is 0 Å². The fourth-order valence-electron chi connectivity index (χ4n) is 1.05. The number of hydrogen-bond acceptors (Lipinski definition) is 4. The van der Waals surface area contributed by atoms with Crippen molar-refractivity contribution in [1.29, 1.82) is 0 Å². The highest BCUT2D eigenvalue weighted by molar-refractivity contribution is 14.1. The van der Waals surface area contributed by atoms with Crippen LogP contribution in [0.1, 0.15) is 6.42 Å². The molecule has 1 saturated heterocycles. The Labute approximate surface area is 79.5 Å². The van der Waals surface area contributed by atoms with Gasteiger partial charge in [0.15, 0.2) is 6.29 Å². The molecule has 0 aromatic carbocycles. The monoisotopic (exact) mass is 274 g/mol. The third kappa shape index (κ3) is 2.51. The Kier molecular flexibility index (Phi) is 4.00. The lowest BCUT2D eigenvalue weighted by Crippen LogP contribution is -2.24. The Hall–Kier alpha value is 0.570. The van der Waals surface area contributed by atoms with Crippen LogP contribution < -0.4 is 0 Å². The number of methoxy groups -OCH3 is 1. The van der Waals surface area contributed by atoms with Crippen LogP contribution in [-0.2, 0) is 12.5 Å². The molecule has 5 heteroatoms. The fraction of sp³-hybridized carbons (Fsp3) is 1.00. The maximum absolute atomic E-state index is 9.33. The van der Waals surface area contributed by atoms with E-state index in [2.05, 4.69) is 0 Å². The second kappa shape index (κ2) is 4.56. The van der Waals surface area contributed by atoms with E-state index in [-0.39, 0.29) is 12.4 Å². The Morgan fingerprint density at radius 1 is 1.73 bits per heavy atom. The molecule has 0 saturated carbocycles. The van der Waals surface area contributed by atoms with Gasteiger partial charge in [-0.05, 0) is 0 Å². The van der Waals surface area contributed by atoms with Gasteiger partial charge in [-0.25, -0.2) is 0 Å². The van der Waals surface area contributed by atoms with E-state index in [9.17, 15) is 5.11 Å². The minimum atomic E-state index is -0.463. The van der Waals surface area contributed by atoms with Gasteiger partial charge in [0.1, 0.15) is 29.1 Å². The van der Waals surface area contributed by atoms with Crippen LogP contribution in [0.5, 0.6) is 0 Å². The number of aliphatic hydroxyl groups is 1. The van der Waals surface area contributed by atoms with E-state index in [1.54, 1.807) is 30.1 Å². The Balaban J connectivity index is 2.32. The standard InChI is InChI=1S/C6H11IO4/c1-9-6-2-4(8)5(11-6)3-10-7/h4-6,8H,2-3H2,1H3/t4-,5+,6+/m0/s1. The average molecular weight is 274 g/mol. The molecular formula is C6H11IO4. The highest BCUT2D eigenvalue weighted by atomic mass is 127. The van der Waals surface area contributed by atoms with Gasteiger partial charge in [-0.3, -0.25) is 0 Å². The molecule has 1 rings (SSSR count). The maximum Gasteiger partial charge on any atom is 0.160 e. The first-order valence-electron chi connectivity index (χ1n) is 3.37. The highest BCUT2D eigenvalue weighted by Crippen LogP contribution is 2.21. The van der Waals surface area contributed by atoms with Gasteiger partial charge in [-0.2, -0.15) is 0 Å². The number of ether oxygens (including phenoxy) is 2. The molecule has 0 bridgehead atoms. The van der Waals surface area contributed by atoms with Gasteiger partial charge in [0.05, 0.1) is 12.7 Å². The summed E-state index contributed by atoms with van der Waals surface area (Å²) in [5.41, 5.74) is 0. The third-order valence-electron chi connectivity index (χ3n) is 1.68. The fourth-order valence-corrected chi connectivity index (χ4v) is 1.41. The normalized spacial score (nSPS) is 37.9. The quantitative estimate of drug-likeness (QED) is 0.760. The van der Waals surface area contributed by atoms with E-state index < -0.39 is 6.10 Å². The van der Waals surface area contributed by atoms with Crippen molar-refractivity contribution in [2.75, 3.05) is 13.7 Å². The summed E-state index contributed by atoms with van der Waals surface area (Å²) in [4.78, 5) is 0. The molecule has 0 unspecified atom stereocenters. The average Bonchev–Trinajstić information content (AvgIpc) is 2.33. The summed E-state index contributed by atoms with van der Waals surface area (Å²) >= 11 is 1.77. The molecule has 1 N–H and O–H groups in total. The molecule has 0 spiro atoms. The van der Waals surface area contributed by atoms with E-state index in [0.29, 0.717) is 13.0 Å². The van der Waals surface area contributed by atoms with Crippen LogP contribution in [0.15, 0.2) is 0 Å². The molecule has 1 aliphatic heterocycles. The topological polar surface area (TPSA) is 47.9 Å². The van der Waals surface area contributed by atoms with Crippen molar-refractivity contribution in [3.05, 3.63) is 0 Å². The van der Waals surface area contributed by atoms with Crippen molar-refractivity contribution in [3.8, 4) is 0 Å². The van der Waals surface area contributed by atoms with Gasteiger partial charge in [0, 0.05) is 13.5 Å². The van der Waals surface area contributed by atoms with Crippen molar-refractivity contribution in [3.63, 3.8) is 0 Å². The van der Waals surface area contributed by atoms with E-state index in [1.165, 1.54) is 0 Å². The Morgan fingerprint density at radius 3 is 2.91 bits per heavy atom. The molecule has 0 aromatic heterocycles. The van der Waals surface area contributed by atoms with Crippen molar-refractivity contribution in [1.82, 2.24) is 0 Å². The zero-order chi connectivity index (χ0) is 8.27. The second-order valence-electron chi connectivity index (χ2n) is 2.42. The molecule has 66 valence electrons. The van der Waals surface area contributed by atoms with E-state index in [1.807, 2.05) is 0 Å². The van der Waals surface area contributed by atoms with Crippen LogP contribution in [0.2, 0.25) is 0 Å². The largest absolute Gasteiger partial charge is 0.390 e. The van der Waals surface area contributed by atoms with Gasteiger partial charge in [0.2, 0.25) is 0 Å². The molecule has 1 heterocycles. The lowest BCUT2D eigenvalue weighted by Gasteiger charge is -2.11. The summed E-state index contributed by atoms with van der Waals surface area (Å²) in [6.07, 6.45) is -0.450. The van der Waals surface area contributed by atoms with E-state index in [4.69, 9.17) is 12.5 Å². The van der Waals surface area contributed by atoms with Crippen molar-refractivity contribution >= 4 is 23.0 Å². The summed E-state index contributed by atoms with van der Waals surface area (Å²) in [5.74, 6) is 0. The van der Waals surface area contributed by atoms with E-state index >= 15 is 0 Å². The lowest BCUT2D eigenvalue weighted by atomic mass is 10.2. The summed E-state index contributed by atoms with van der Waals surface area (Å²) in [7, 11) is 1.56. The SMILES string of the molecule is CO[C@H]1C[C@H](O)[C@@H](COI)O1.